The van der Waals surface area contributed by atoms with Crippen LogP contribution in [0.15, 0.2) is 24.3 Å². The average Bonchev–Trinajstić information content (AvgIpc) is 2.56. The first-order valence-corrected chi connectivity index (χ1v) is 6.23. The van der Waals surface area contributed by atoms with E-state index >= 15 is 0 Å². The van der Waals surface area contributed by atoms with Gasteiger partial charge in [0, 0.05) is 11.6 Å². The van der Waals surface area contributed by atoms with Crippen LogP contribution in [-0.2, 0) is 0 Å². The zero-order chi connectivity index (χ0) is 12.5. The van der Waals surface area contributed by atoms with Crippen molar-refractivity contribution in [2.24, 2.45) is 0 Å². The fraction of sp³-hybridized carbons (Fsp3) is 0.571. The Hall–Kier alpha value is -1.06. The van der Waals surface area contributed by atoms with Crippen LogP contribution in [-0.4, -0.2) is 23.4 Å². The smallest absolute Gasteiger partial charge is 0.125 e. The number of hydrogen-bond donors (Lipinski definition) is 2. The summed E-state index contributed by atoms with van der Waals surface area (Å²) in [4.78, 5) is 0. The summed E-state index contributed by atoms with van der Waals surface area (Å²) in [6.45, 7) is 6.39. The Morgan fingerprint density at radius 2 is 2.12 bits per heavy atom. The van der Waals surface area contributed by atoms with E-state index in [0.717, 1.165) is 12.2 Å². The number of aliphatic hydroxyl groups excluding tert-OH is 1. The molecule has 17 heavy (non-hydrogen) atoms. The van der Waals surface area contributed by atoms with Gasteiger partial charge >= 0.3 is 0 Å². The van der Waals surface area contributed by atoms with Gasteiger partial charge in [-0.15, -0.1) is 0 Å². The molecule has 0 amide bonds. The summed E-state index contributed by atoms with van der Waals surface area (Å²) in [5, 5.41) is 12.8. The van der Waals surface area contributed by atoms with Crippen LogP contribution in [0.4, 0.5) is 0 Å². The van der Waals surface area contributed by atoms with Gasteiger partial charge < -0.3 is 15.2 Å². The van der Waals surface area contributed by atoms with Gasteiger partial charge in [-0.05, 0) is 26.3 Å². The van der Waals surface area contributed by atoms with Gasteiger partial charge in [-0.25, -0.2) is 0 Å². The minimum absolute atomic E-state index is 0.119. The van der Waals surface area contributed by atoms with E-state index in [4.69, 9.17) is 4.74 Å². The molecule has 94 valence electrons. The third-order valence-corrected chi connectivity index (χ3v) is 3.41. The maximum atomic E-state index is 9.30. The molecule has 3 nitrogen and oxygen atoms in total. The molecule has 1 unspecified atom stereocenters. The number of ether oxygens (including phenoxy) is 1. The summed E-state index contributed by atoms with van der Waals surface area (Å²) in [6, 6.07) is 8.35. The second kappa shape index (κ2) is 4.67. The number of rotatable bonds is 4. The van der Waals surface area contributed by atoms with Gasteiger partial charge in [-0.2, -0.15) is 0 Å². The number of hydrogen-bond acceptors (Lipinski definition) is 3. The highest BCUT2D eigenvalue weighted by atomic mass is 16.5. The minimum atomic E-state index is -0.272. The zero-order valence-corrected chi connectivity index (χ0v) is 10.7. The number of nitrogens with one attached hydrogen (secondary N) is 1. The Bertz CT molecular complexity index is 386. The monoisotopic (exact) mass is 235 g/mol. The lowest BCUT2D eigenvalue weighted by atomic mass is 9.93. The van der Waals surface area contributed by atoms with Crippen LogP contribution in [0.5, 0.6) is 5.75 Å². The van der Waals surface area contributed by atoms with E-state index in [1.54, 1.807) is 0 Å². The van der Waals surface area contributed by atoms with Gasteiger partial charge in [0.2, 0.25) is 0 Å². The van der Waals surface area contributed by atoms with Crippen molar-refractivity contribution in [3.8, 4) is 5.75 Å². The normalized spacial score (nSPS) is 22.9. The Morgan fingerprint density at radius 3 is 2.76 bits per heavy atom. The van der Waals surface area contributed by atoms with Crippen molar-refractivity contribution in [1.82, 2.24) is 5.32 Å². The van der Waals surface area contributed by atoms with Crippen LogP contribution >= 0.6 is 0 Å². The second-order valence-electron chi connectivity index (χ2n) is 5.13. The summed E-state index contributed by atoms with van der Waals surface area (Å²) in [5.74, 6) is 0.947. The van der Waals surface area contributed by atoms with Crippen LogP contribution in [0.2, 0.25) is 0 Å². The fourth-order valence-corrected chi connectivity index (χ4v) is 2.35. The molecule has 0 radical (unpaired) electrons. The van der Waals surface area contributed by atoms with Gasteiger partial charge in [0.15, 0.2) is 0 Å². The van der Waals surface area contributed by atoms with Gasteiger partial charge in [-0.1, -0.05) is 25.1 Å². The highest BCUT2D eigenvalue weighted by molar-refractivity contribution is 5.42. The molecule has 1 aliphatic rings. The number of benzene rings is 1. The lowest BCUT2D eigenvalue weighted by Crippen LogP contribution is -2.44. The van der Waals surface area contributed by atoms with Gasteiger partial charge in [0.05, 0.1) is 12.6 Å². The van der Waals surface area contributed by atoms with E-state index in [-0.39, 0.29) is 24.3 Å². The van der Waals surface area contributed by atoms with Gasteiger partial charge in [-0.3, -0.25) is 0 Å². The molecule has 0 saturated carbocycles. The summed E-state index contributed by atoms with van der Waals surface area (Å²) < 4.78 is 5.95. The third kappa shape index (κ3) is 2.31. The second-order valence-corrected chi connectivity index (χ2v) is 5.13. The average molecular weight is 235 g/mol. The van der Waals surface area contributed by atoms with E-state index in [2.05, 4.69) is 32.2 Å². The van der Waals surface area contributed by atoms with Crippen LogP contribution < -0.4 is 10.1 Å². The molecule has 0 aliphatic carbocycles. The Labute approximate surface area is 103 Å². The van der Waals surface area contributed by atoms with E-state index in [1.165, 1.54) is 5.56 Å². The van der Waals surface area contributed by atoms with Crippen LogP contribution in [0, 0.1) is 0 Å². The van der Waals surface area contributed by atoms with Crippen LogP contribution in [0.1, 0.15) is 38.8 Å². The largest absolute Gasteiger partial charge is 0.486 e. The molecule has 1 heterocycles. The Balaban J connectivity index is 2.25. The molecule has 0 fully saturated rings. The number of fused-ring (bicyclic) bond motifs is 1. The molecule has 0 bridgehead atoms. The topological polar surface area (TPSA) is 41.5 Å². The molecular formula is C14H21NO2. The molecule has 2 rings (SSSR count). The highest BCUT2D eigenvalue weighted by Gasteiger charge is 2.41. The lowest BCUT2D eigenvalue weighted by Gasteiger charge is -2.30. The Kier molecular flexibility index (Phi) is 3.40. The van der Waals surface area contributed by atoms with Crippen molar-refractivity contribution in [2.75, 3.05) is 6.61 Å². The molecule has 1 aromatic carbocycles. The van der Waals surface area contributed by atoms with Crippen molar-refractivity contribution in [3.63, 3.8) is 0 Å². The summed E-state index contributed by atoms with van der Waals surface area (Å²) in [7, 11) is 0. The maximum Gasteiger partial charge on any atom is 0.125 e. The number of para-hydroxylation sites is 1. The first kappa shape index (κ1) is 12.4. The molecule has 2 atom stereocenters. The zero-order valence-electron chi connectivity index (χ0n) is 10.7. The molecule has 3 heteroatoms. The van der Waals surface area contributed by atoms with Crippen molar-refractivity contribution in [3.05, 3.63) is 29.8 Å². The van der Waals surface area contributed by atoms with Gasteiger partial charge in [0.25, 0.3) is 0 Å². The first-order chi connectivity index (χ1) is 8.08. The maximum absolute atomic E-state index is 9.30. The molecule has 0 aromatic heterocycles. The SMILES string of the molecule is CC[C@@H](CO)NC1c2ccccc2OC1(C)C. The van der Waals surface area contributed by atoms with Crippen LogP contribution in [0.3, 0.4) is 0 Å². The summed E-state index contributed by atoms with van der Waals surface area (Å²) in [5.41, 5.74) is 0.913. The predicted octanol–water partition coefficient (Wildman–Crippen LogP) is 2.26. The molecule has 1 aromatic rings. The predicted molar refractivity (Wildman–Crippen MR) is 68.2 cm³/mol. The molecule has 2 N–H and O–H groups in total. The third-order valence-electron chi connectivity index (χ3n) is 3.41. The highest BCUT2D eigenvalue weighted by Crippen LogP contribution is 2.42. The Morgan fingerprint density at radius 1 is 1.41 bits per heavy atom. The standard InChI is InChI=1S/C14H21NO2/c1-4-10(9-16)15-13-11-7-5-6-8-12(11)17-14(13,2)3/h5-8,10,13,15-16H,4,9H2,1-3H3/t10-,13?/m0/s1. The molecular weight excluding hydrogens is 214 g/mol. The van der Waals surface area contributed by atoms with E-state index in [0.29, 0.717) is 0 Å². The quantitative estimate of drug-likeness (QED) is 0.841. The fourth-order valence-electron chi connectivity index (χ4n) is 2.35. The minimum Gasteiger partial charge on any atom is -0.486 e. The lowest BCUT2D eigenvalue weighted by molar-refractivity contribution is 0.0843. The van der Waals surface area contributed by atoms with E-state index in [9.17, 15) is 5.11 Å². The van der Waals surface area contributed by atoms with E-state index in [1.807, 2.05) is 18.2 Å². The first-order valence-electron chi connectivity index (χ1n) is 6.23. The summed E-state index contributed by atoms with van der Waals surface area (Å²) >= 11 is 0. The molecule has 0 spiro atoms. The van der Waals surface area contributed by atoms with E-state index < -0.39 is 0 Å². The number of aliphatic hydroxyl groups is 1. The van der Waals surface area contributed by atoms with Crippen molar-refractivity contribution in [2.45, 2.75) is 44.9 Å². The van der Waals surface area contributed by atoms with Crippen molar-refractivity contribution in [1.29, 1.82) is 0 Å². The van der Waals surface area contributed by atoms with Crippen molar-refractivity contribution >= 4 is 0 Å². The van der Waals surface area contributed by atoms with Crippen molar-refractivity contribution < 1.29 is 9.84 Å². The molecule has 1 aliphatic heterocycles. The summed E-state index contributed by atoms with van der Waals surface area (Å²) in [6.07, 6.45) is 0.908. The van der Waals surface area contributed by atoms with Gasteiger partial charge in [0.1, 0.15) is 11.4 Å². The van der Waals surface area contributed by atoms with Crippen LogP contribution in [0.25, 0.3) is 0 Å². The molecule has 0 saturated heterocycles.